The minimum absolute atomic E-state index is 0.0114. The van der Waals surface area contributed by atoms with Crippen LogP contribution >= 0.6 is 0 Å². The number of carbonyl (C=O) groups is 1. The molecule has 0 radical (unpaired) electrons. The van der Waals surface area contributed by atoms with Crippen LogP contribution in [0.5, 0.6) is 0 Å². The van der Waals surface area contributed by atoms with Crippen molar-refractivity contribution in [2.45, 2.75) is 6.17 Å². The molecule has 0 bridgehead atoms. The van der Waals surface area contributed by atoms with Gasteiger partial charge in [0.1, 0.15) is 6.17 Å². The number of pyridine rings is 1. The number of amides is 1. The summed E-state index contributed by atoms with van der Waals surface area (Å²) in [6.45, 7) is 0. The summed E-state index contributed by atoms with van der Waals surface area (Å²) in [5.74, 6) is -0.0114. The molecule has 3 aromatic rings. The summed E-state index contributed by atoms with van der Waals surface area (Å²) in [5, 5.41) is 10.6. The first kappa shape index (κ1) is 13.5. The summed E-state index contributed by atoms with van der Waals surface area (Å²) in [7, 11) is 1.79. The van der Waals surface area contributed by atoms with Crippen molar-refractivity contribution in [2.75, 3.05) is 12.4 Å². The van der Waals surface area contributed by atoms with E-state index in [0.717, 1.165) is 22.5 Å². The fourth-order valence-electron chi connectivity index (χ4n) is 2.88. The van der Waals surface area contributed by atoms with Crippen LogP contribution in [-0.4, -0.2) is 33.0 Å². The lowest BCUT2D eigenvalue weighted by Gasteiger charge is -2.35. The highest BCUT2D eigenvalue weighted by molar-refractivity contribution is 6.01. The number of carbonyl (C=O) groups excluding carboxylic acids is 1. The zero-order chi connectivity index (χ0) is 15.8. The van der Waals surface area contributed by atoms with Crippen molar-refractivity contribution >= 4 is 11.6 Å². The average Bonchev–Trinajstić information content (AvgIpc) is 3.08. The van der Waals surface area contributed by atoms with Crippen LogP contribution < -0.4 is 5.32 Å². The van der Waals surface area contributed by atoms with E-state index in [9.17, 15) is 4.79 Å². The molecule has 1 unspecified atom stereocenters. The second kappa shape index (κ2) is 5.24. The molecule has 6 heteroatoms. The molecule has 1 aromatic carbocycles. The Morgan fingerprint density at radius 2 is 2.00 bits per heavy atom. The fraction of sp³-hybridized carbons (Fsp3) is 0.118. The Morgan fingerprint density at radius 1 is 1.13 bits per heavy atom. The van der Waals surface area contributed by atoms with Crippen molar-refractivity contribution in [1.82, 2.24) is 20.1 Å². The molecule has 0 saturated carbocycles. The Hall–Kier alpha value is -3.15. The van der Waals surface area contributed by atoms with Gasteiger partial charge in [0.05, 0.1) is 17.5 Å². The minimum Gasteiger partial charge on any atom is -0.361 e. The first-order valence-electron chi connectivity index (χ1n) is 7.32. The number of nitrogens with zero attached hydrogens (tertiary/aromatic N) is 3. The number of nitrogens with one attached hydrogen (secondary N) is 2. The summed E-state index contributed by atoms with van der Waals surface area (Å²) in [6.07, 6.45) is 4.96. The molecule has 23 heavy (non-hydrogen) atoms. The largest absolute Gasteiger partial charge is 0.361 e. The highest BCUT2D eigenvalue weighted by Gasteiger charge is 2.32. The van der Waals surface area contributed by atoms with E-state index < -0.39 is 0 Å². The predicted octanol–water partition coefficient (Wildman–Crippen LogP) is 2.67. The Labute approximate surface area is 133 Å². The summed E-state index contributed by atoms with van der Waals surface area (Å²) < 4.78 is 0. The van der Waals surface area contributed by atoms with Crippen molar-refractivity contribution < 1.29 is 4.79 Å². The van der Waals surface area contributed by atoms with Crippen LogP contribution in [0.25, 0.3) is 11.3 Å². The Kier molecular flexibility index (Phi) is 3.08. The molecule has 1 aliphatic rings. The third kappa shape index (κ3) is 2.15. The summed E-state index contributed by atoms with van der Waals surface area (Å²) in [5.41, 5.74) is 4.20. The van der Waals surface area contributed by atoms with Crippen LogP contribution in [0, 0.1) is 0 Å². The van der Waals surface area contributed by atoms with Crippen LogP contribution in [0.1, 0.15) is 22.1 Å². The number of hydrogen-bond acceptors (Lipinski definition) is 4. The van der Waals surface area contributed by atoms with Gasteiger partial charge < -0.3 is 10.2 Å². The van der Waals surface area contributed by atoms with E-state index in [0.29, 0.717) is 5.56 Å². The van der Waals surface area contributed by atoms with Gasteiger partial charge in [0.2, 0.25) is 0 Å². The third-order valence-electron chi connectivity index (χ3n) is 4.07. The van der Waals surface area contributed by atoms with Crippen molar-refractivity contribution in [3.05, 3.63) is 66.1 Å². The maximum absolute atomic E-state index is 12.6. The van der Waals surface area contributed by atoms with E-state index in [4.69, 9.17) is 0 Å². The smallest absolute Gasteiger partial charge is 0.257 e. The zero-order valence-electron chi connectivity index (χ0n) is 12.5. The maximum Gasteiger partial charge on any atom is 0.257 e. The van der Waals surface area contributed by atoms with E-state index in [2.05, 4.69) is 20.5 Å². The van der Waals surface area contributed by atoms with Gasteiger partial charge in [-0.15, -0.1) is 0 Å². The SMILES string of the molecule is CN1C(=O)c2ccccc2NC1c1cn[nH]c1-c1cccnc1. The van der Waals surface area contributed by atoms with Crippen molar-refractivity contribution in [1.29, 1.82) is 0 Å². The van der Waals surface area contributed by atoms with Crippen LogP contribution in [0.2, 0.25) is 0 Å². The highest BCUT2D eigenvalue weighted by atomic mass is 16.2. The summed E-state index contributed by atoms with van der Waals surface area (Å²) in [4.78, 5) is 18.4. The van der Waals surface area contributed by atoms with Gasteiger partial charge in [-0.05, 0) is 24.3 Å². The molecular formula is C17H15N5O. The van der Waals surface area contributed by atoms with Gasteiger partial charge in [-0.2, -0.15) is 5.10 Å². The Bertz CT molecular complexity index is 858. The van der Waals surface area contributed by atoms with Gasteiger partial charge >= 0.3 is 0 Å². The lowest BCUT2D eigenvalue weighted by Crippen LogP contribution is -2.40. The van der Waals surface area contributed by atoms with Gasteiger partial charge in [-0.25, -0.2) is 0 Å². The minimum atomic E-state index is -0.286. The Balaban J connectivity index is 1.78. The Morgan fingerprint density at radius 3 is 2.83 bits per heavy atom. The topological polar surface area (TPSA) is 73.9 Å². The van der Waals surface area contributed by atoms with Gasteiger partial charge in [0.15, 0.2) is 0 Å². The number of H-pyrrole nitrogens is 1. The second-order valence-corrected chi connectivity index (χ2v) is 5.45. The molecule has 114 valence electrons. The normalized spacial score (nSPS) is 16.8. The van der Waals surface area contributed by atoms with E-state index in [1.165, 1.54) is 0 Å². The van der Waals surface area contributed by atoms with E-state index in [-0.39, 0.29) is 12.1 Å². The van der Waals surface area contributed by atoms with E-state index in [1.54, 1.807) is 30.5 Å². The molecule has 0 aliphatic carbocycles. The van der Waals surface area contributed by atoms with E-state index >= 15 is 0 Å². The van der Waals surface area contributed by atoms with Crippen molar-refractivity contribution in [3.8, 4) is 11.3 Å². The number of aromatic nitrogens is 3. The van der Waals surface area contributed by atoms with Crippen LogP contribution in [0.3, 0.4) is 0 Å². The maximum atomic E-state index is 12.6. The van der Waals surface area contributed by atoms with Crippen molar-refractivity contribution in [3.63, 3.8) is 0 Å². The number of para-hydroxylation sites is 1. The molecule has 1 aliphatic heterocycles. The molecule has 3 heterocycles. The van der Waals surface area contributed by atoms with Crippen molar-refractivity contribution in [2.24, 2.45) is 0 Å². The predicted molar refractivity (Wildman–Crippen MR) is 86.7 cm³/mol. The number of hydrogen-bond donors (Lipinski definition) is 2. The molecule has 1 atom stereocenters. The number of benzene rings is 1. The number of anilines is 1. The standard InChI is InChI=1S/C17H15N5O/c1-22-16(20-14-7-3-2-6-12(14)17(22)23)13-10-19-21-15(13)11-5-4-8-18-9-11/h2-10,16,20H,1H3,(H,19,21). The number of fused-ring (bicyclic) bond motifs is 1. The quantitative estimate of drug-likeness (QED) is 0.763. The van der Waals surface area contributed by atoms with Gasteiger partial charge in [-0.3, -0.25) is 14.9 Å². The van der Waals surface area contributed by atoms with Gasteiger partial charge in [-0.1, -0.05) is 12.1 Å². The van der Waals surface area contributed by atoms with Crippen LogP contribution in [0.4, 0.5) is 5.69 Å². The molecule has 2 N–H and O–H groups in total. The van der Waals surface area contributed by atoms with Gasteiger partial charge in [0.25, 0.3) is 5.91 Å². The van der Waals surface area contributed by atoms with E-state index in [1.807, 2.05) is 36.4 Å². The molecule has 1 amide bonds. The first-order chi connectivity index (χ1) is 11.3. The summed E-state index contributed by atoms with van der Waals surface area (Å²) in [6, 6.07) is 11.4. The van der Waals surface area contributed by atoms with Gasteiger partial charge in [0, 0.05) is 36.3 Å². The zero-order valence-corrected chi connectivity index (χ0v) is 12.5. The second-order valence-electron chi connectivity index (χ2n) is 5.45. The molecule has 2 aromatic heterocycles. The summed E-state index contributed by atoms with van der Waals surface area (Å²) >= 11 is 0. The molecule has 4 rings (SSSR count). The third-order valence-corrected chi connectivity index (χ3v) is 4.07. The molecule has 0 spiro atoms. The van der Waals surface area contributed by atoms with Crippen LogP contribution in [-0.2, 0) is 0 Å². The number of rotatable bonds is 2. The monoisotopic (exact) mass is 305 g/mol. The number of aromatic amines is 1. The average molecular weight is 305 g/mol. The van der Waals surface area contributed by atoms with Crippen LogP contribution in [0.15, 0.2) is 55.0 Å². The molecule has 6 nitrogen and oxygen atoms in total. The fourth-order valence-corrected chi connectivity index (χ4v) is 2.88. The lowest BCUT2D eigenvalue weighted by atomic mass is 10.0. The molecular weight excluding hydrogens is 290 g/mol. The molecule has 0 saturated heterocycles. The highest BCUT2D eigenvalue weighted by Crippen LogP contribution is 2.35. The molecule has 0 fully saturated rings. The first-order valence-corrected chi connectivity index (χ1v) is 7.32. The lowest BCUT2D eigenvalue weighted by molar-refractivity contribution is 0.0736.